The van der Waals surface area contributed by atoms with Gasteiger partial charge in [0.1, 0.15) is 0 Å². The van der Waals surface area contributed by atoms with Gasteiger partial charge in [-0.15, -0.1) is 0 Å². The molecule has 1 N–H and O–H groups in total. The van der Waals surface area contributed by atoms with Gasteiger partial charge < -0.3 is 10.0 Å². The zero-order chi connectivity index (χ0) is 13.9. The van der Waals surface area contributed by atoms with Gasteiger partial charge in [0, 0.05) is 19.5 Å². The van der Waals surface area contributed by atoms with Crippen molar-refractivity contribution in [2.75, 3.05) is 13.6 Å². The van der Waals surface area contributed by atoms with Crippen molar-refractivity contribution in [3.63, 3.8) is 0 Å². The van der Waals surface area contributed by atoms with Gasteiger partial charge in [-0.05, 0) is 19.3 Å². The van der Waals surface area contributed by atoms with Crippen molar-refractivity contribution in [2.45, 2.75) is 31.9 Å². The van der Waals surface area contributed by atoms with Gasteiger partial charge in [0.15, 0.2) is 0 Å². The van der Waals surface area contributed by atoms with E-state index in [0.717, 1.165) is 4.90 Å². The number of hydrogen-bond acceptors (Lipinski definition) is 2. The molecular formula is C11H16F3NO3. The molecular weight excluding hydrogens is 251 g/mol. The largest absolute Gasteiger partial charge is 0.481 e. The Morgan fingerprint density at radius 1 is 1.28 bits per heavy atom. The van der Waals surface area contributed by atoms with Crippen LogP contribution in [0.5, 0.6) is 0 Å². The molecule has 2 unspecified atom stereocenters. The third-order valence-corrected chi connectivity index (χ3v) is 3.24. The minimum absolute atomic E-state index is 0.227. The third kappa shape index (κ3) is 4.19. The number of rotatable bonds is 4. The zero-order valence-corrected chi connectivity index (χ0v) is 10.0. The van der Waals surface area contributed by atoms with Crippen LogP contribution in [-0.4, -0.2) is 41.7 Å². The number of amides is 1. The maximum Gasteiger partial charge on any atom is 0.390 e. The minimum Gasteiger partial charge on any atom is -0.481 e. The fourth-order valence-electron chi connectivity index (χ4n) is 2.15. The van der Waals surface area contributed by atoms with Gasteiger partial charge in [0.2, 0.25) is 5.91 Å². The lowest BCUT2D eigenvalue weighted by Crippen LogP contribution is -2.34. The van der Waals surface area contributed by atoms with Crippen LogP contribution in [0.3, 0.4) is 0 Å². The fraction of sp³-hybridized carbons (Fsp3) is 0.818. The molecule has 1 aliphatic rings. The van der Waals surface area contributed by atoms with Crippen molar-refractivity contribution in [1.82, 2.24) is 4.90 Å². The van der Waals surface area contributed by atoms with Crippen LogP contribution in [-0.2, 0) is 9.59 Å². The number of aliphatic carboxylic acids is 1. The normalized spacial score (nSPS) is 24.0. The predicted octanol–water partition coefficient (Wildman–Crippen LogP) is 1.90. The molecule has 1 saturated carbocycles. The number of carboxylic acids is 1. The summed E-state index contributed by atoms with van der Waals surface area (Å²) in [6, 6.07) is 0. The second kappa shape index (κ2) is 5.58. The van der Waals surface area contributed by atoms with Crippen molar-refractivity contribution in [1.29, 1.82) is 0 Å². The molecule has 1 fully saturated rings. The molecule has 1 amide bonds. The summed E-state index contributed by atoms with van der Waals surface area (Å²) in [5.74, 6) is -2.33. The van der Waals surface area contributed by atoms with Crippen molar-refractivity contribution < 1.29 is 27.9 Å². The summed E-state index contributed by atoms with van der Waals surface area (Å²) in [5.41, 5.74) is 0. The van der Waals surface area contributed by atoms with Gasteiger partial charge in [-0.2, -0.15) is 13.2 Å². The van der Waals surface area contributed by atoms with E-state index in [1.165, 1.54) is 7.05 Å². The van der Waals surface area contributed by atoms with Gasteiger partial charge in [0.25, 0.3) is 0 Å². The molecule has 0 heterocycles. The summed E-state index contributed by atoms with van der Waals surface area (Å²) in [7, 11) is 1.32. The van der Waals surface area contributed by atoms with Crippen LogP contribution in [0.4, 0.5) is 13.2 Å². The van der Waals surface area contributed by atoms with Crippen molar-refractivity contribution in [2.24, 2.45) is 11.8 Å². The van der Waals surface area contributed by atoms with Crippen molar-refractivity contribution in [3.05, 3.63) is 0 Å². The topological polar surface area (TPSA) is 57.6 Å². The molecule has 0 spiro atoms. The second-order valence-electron chi connectivity index (χ2n) is 4.67. The van der Waals surface area contributed by atoms with Crippen molar-refractivity contribution >= 4 is 11.9 Å². The zero-order valence-electron chi connectivity index (χ0n) is 10.0. The van der Waals surface area contributed by atoms with Gasteiger partial charge in [0.05, 0.1) is 12.3 Å². The molecule has 0 saturated heterocycles. The van der Waals surface area contributed by atoms with E-state index in [4.69, 9.17) is 5.11 Å². The van der Waals surface area contributed by atoms with E-state index in [9.17, 15) is 22.8 Å². The Hall–Kier alpha value is -1.27. The SMILES string of the molecule is CN(CCC(F)(F)F)C(=O)C1CCC(C(=O)O)C1. The first-order chi connectivity index (χ1) is 8.20. The Labute approximate surface area is 103 Å². The minimum atomic E-state index is -4.28. The highest BCUT2D eigenvalue weighted by Gasteiger charge is 2.36. The smallest absolute Gasteiger partial charge is 0.390 e. The third-order valence-electron chi connectivity index (χ3n) is 3.24. The molecule has 1 aliphatic carbocycles. The van der Waals surface area contributed by atoms with Crippen LogP contribution in [0.1, 0.15) is 25.7 Å². The molecule has 0 bridgehead atoms. The maximum atomic E-state index is 12.0. The van der Waals surface area contributed by atoms with E-state index in [1.54, 1.807) is 0 Å². The highest BCUT2D eigenvalue weighted by Crippen LogP contribution is 2.32. The highest BCUT2D eigenvalue weighted by molar-refractivity contribution is 5.80. The molecule has 0 aromatic heterocycles. The lowest BCUT2D eigenvalue weighted by atomic mass is 10.0. The number of nitrogens with zero attached hydrogens (tertiary/aromatic N) is 1. The maximum absolute atomic E-state index is 12.0. The molecule has 0 aromatic rings. The van der Waals surface area contributed by atoms with E-state index in [2.05, 4.69) is 0 Å². The van der Waals surface area contributed by atoms with E-state index in [1.807, 2.05) is 0 Å². The molecule has 7 heteroatoms. The monoisotopic (exact) mass is 267 g/mol. The van der Waals surface area contributed by atoms with Crippen molar-refractivity contribution in [3.8, 4) is 0 Å². The van der Waals surface area contributed by atoms with Crippen LogP contribution in [0.2, 0.25) is 0 Å². The Morgan fingerprint density at radius 3 is 2.28 bits per heavy atom. The number of hydrogen-bond donors (Lipinski definition) is 1. The van der Waals surface area contributed by atoms with Crippen LogP contribution >= 0.6 is 0 Å². The summed E-state index contributed by atoms with van der Waals surface area (Å²) in [4.78, 5) is 23.6. The number of carbonyl (C=O) groups is 2. The second-order valence-corrected chi connectivity index (χ2v) is 4.67. The Kier molecular flexibility index (Phi) is 4.59. The Morgan fingerprint density at radius 2 is 1.83 bits per heavy atom. The van der Waals surface area contributed by atoms with Crippen LogP contribution < -0.4 is 0 Å². The first kappa shape index (κ1) is 14.8. The standard InChI is InChI=1S/C11H16F3NO3/c1-15(5-4-11(12,13)14)9(16)7-2-3-8(6-7)10(17)18/h7-8H,2-6H2,1H3,(H,17,18). The summed E-state index contributed by atoms with van der Waals surface area (Å²) < 4.78 is 36.0. The molecule has 2 atom stereocenters. The van der Waals surface area contributed by atoms with E-state index in [-0.39, 0.29) is 18.9 Å². The van der Waals surface area contributed by atoms with Gasteiger partial charge >= 0.3 is 12.1 Å². The number of alkyl halides is 3. The van der Waals surface area contributed by atoms with Crippen LogP contribution in [0, 0.1) is 11.8 Å². The molecule has 18 heavy (non-hydrogen) atoms. The van der Waals surface area contributed by atoms with Gasteiger partial charge in [-0.25, -0.2) is 0 Å². The van der Waals surface area contributed by atoms with Crippen LogP contribution in [0.15, 0.2) is 0 Å². The average Bonchev–Trinajstić information content (AvgIpc) is 2.73. The fourth-order valence-corrected chi connectivity index (χ4v) is 2.15. The van der Waals surface area contributed by atoms with E-state index in [0.29, 0.717) is 12.8 Å². The van der Waals surface area contributed by atoms with E-state index >= 15 is 0 Å². The lowest BCUT2D eigenvalue weighted by Gasteiger charge is -2.21. The summed E-state index contributed by atoms with van der Waals surface area (Å²) >= 11 is 0. The summed E-state index contributed by atoms with van der Waals surface area (Å²) in [6.45, 7) is -0.378. The highest BCUT2D eigenvalue weighted by atomic mass is 19.4. The van der Waals surface area contributed by atoms with E-state index < -0.39 is 30.4 Å². The summed E-state index contributed by atoms with van der Waals surface area (Å²) in [5, 5.41) is 8.79. The molecule has 4 nitrogen and oxygen atoms in total. The first-order valence-electron chi connectivity index (χ1n) is 5.75. The number of carboxylic acid groups (broad SMARTS) is 1. The van der Waals surface area contributed by atoms with Gasteiger partial charge in [-0.1, -0.05) is 0 Å². The summed E-state index contributed by atoms with van der Waals surface area (Å²) in [6.07, 6.45) is -4.24. The van der Waals surface area contributed by atoms with Gasteiger partial charge in [-0.3, -0.25) is 9.59 Å². The Bertz CT molecular complexity index is 330. The quantitative estimate of drug-likeness (QED) is 0.846. The Balaban J connectivity index is 2.43. The lowest BCUT2D eigenvalue weighted by molar-refractivity contribution is -0.146. The predicted molar refractivity (Wildman–Crippen MR) is 56.8 cm³/mol. The number of halogens is 3. The molecule has 0 radical (unpaired) electrons. The molecule has 1 rings (SSSR count). The molecule has 0 aliphatic heterocycles. The first-order valence-corrected chi connectivity index (χ1v) is 5.75. The number of carbonyl (C=O) groups excluding carboxylic acids is 1. The molecule has 104 valence electrons. The average molecular weight is 267 g/mol. The molecule has 0 aromatic carbocycles. The van der Waals surface area contributed by atoms with Crippen LogP contribution in [0.25, 0.3) is 0 Å².